The molecule has 6 nitrogen and oxygen atoms in total. The van der Waals surface area contributed by atoms with Gasteiger partial charge in [0.1, 0.15) is 0 Å². The molecule has 0 amide bonds. The number of rotatable bonds is 8. The van der Waals surface area contributed by atoms with E-state index in [4.69, 9.17) is 32.7 Å². The van der Waals surface area contributed by atoms with E-state index in [1.807, 2.05) is 36.4 Å². The Labute approximate surface area is 196 Å². The van der Waals surface area contributed by atoms with Gasteiger partial charge < -0.3 is 20.1 Å². The first-order valence-corrected chi connectivity index (χ1v) is 10.5. The van der Waals surface area contributed by atoms with E-state index in [1.54, 1.807) is 24.3 Å². The number of hydrogen-bond acceptors (Lipinski definition) is 6. The molecule has 3 rings (SSSR count). The number of carbonyl (C=O) groups is 2. The molecule has 0 fully saturated rings. The largest absolute Gasteiger partial charge is 0.469 e. The van der Waals surface area contributed by atoms with Crippen LogP contribution in [0, 0.1) is 0 Å². The first-order valence-electron chi connectivity index (χ1n) is 9.72. The van der Waals surface area contributed by atoms with Crippen molar-refractivity contribution in [3.63, 3.8) is 0 Å². The Hall–Kier alpha value is -3.22. The molecule has 0 saturated heterocycles. The van der Waals surface area contributed by atoms with Gasteiger partial charge in [0.15, 0.2) is 0 Å². The monoisotopic (exact) mass is 472 g/mol. The van der Waals surface area contributed by atoms with Crippen molar-refractivity contribution < 1.29 is 19.1 Å². The quantitative estimate of drug-likeness (QED) is 0.396. The van der Waals surface area contributed by atoms with Crippen molar-refractivity contribution in [3.05, 3.63) is 81.8 Å². The molecule has 2 N–H and O–H groups in total. The van der Waals surface area contributed by atoms with Crippen molar-refractivity contribution in [1.29, 1.82) is 0 Å². The smallest absolute Gasteiger partial charge is 0.310 e. The summed E-state index contributed by atoms with van der Waals surface area (Å²) in [5, 5.41) is 7.70. The molecule has 3 aromatic rings. The molecule has 0 spiro atoms. The van der Waals surface area contributed by atoms with E-state index in [1.165, 1.54) is 14.2 Å². The number of esters is 2. The van der Waals surface area contributed by atoms with Crippen molar-refractivity contribution in [2.45, 2.75) is 12.8 Å². The average molecular weight is 473 g/mol. The van der Waals surface area contributed by atoms with E-state index in [0.29, 0.717) is 32.5 Å². The fourth-order valence-electron chi connectivity index (χ4n) is 3.11. The highest BCUT2D eigenvalue weighted by Crippen LogP contribution is 2.32. The summed E-state index contributed by atoms with van der Waals surface area (Å²) >= 11 is 12.2. The molecule has 0 aromatic heterocycles. The summed E-state index contributed by atoms with van der Waals surface area (Å²) in [5.41, 5.74) is 4.12. The number of hydrogen-bond donors (Lipinski definition) is 2. The molecule has 0 radical (unpaired) electrons. The van der Waals surface area contributed by atoms with Crippen LogP contribution in [0.15, 0.2) is 60.7 Å². The molecule has 0 atom stereocenters. The van der Waals surface area contributed by atoms with Gasteiger partial charge in [-0.1, -0.05) is 35.3 Å². The third-order valence-corrected chi connectivity index (χ3v) is 5.13. The molecule has 8 heteroatoms. The minimum Gasteiger partial charge on any atom is -0.469 e. The Bertz CT molecular complexity index is 1050. The van der Waals surface area contributed by atoms with Gasteiger partial charge in [-0.25, -0.2) is 0 Å². The van der Waals surface area contributed by atoms with Crippen LogP contribution in [-0.2, 0) is 31.9 Å². The van der Waals surface area contributed by atoms with Gasteiger partial charge in [-0.05, 0) is 59.7 Å². The number of methoxy groups -OCH3 is 2. The highest BCUT2D eigenvalue weighted by Gasteiger charge is 2.17. The molecule has 32 heavy (non-hydrogen) atoms. The van der Waals surface area contributed by atoms with Gasteiger partial charge >= 0.3 is 11.9 Å². The second-order valence-corrected chi connectivity index (χ2v) is 7.82. The Kier molecular flexibility index (Phi) is 7.98. The maximum atomic E-state index is 12.1. The zero-order valence-corrected chi connectivity index (χ0v) is 19.1. The number of halogens is 2. The standard InChI is InChI=1S/C24H22Cl2N2O4/c1-31-23(29)11-15-9-22(28-20-8-4-6-18(26)14-20)16(12-24(30)32-2)10-21(15)27-19-7-3-5-17(25)13-19/h3-10,13-14,27-28H,11-12H2,1-2H3. The van der Waals surface area contributed by atoms with Gasteiger partial charge in [0.2, 0.25) is 0 Å². The van der Waals surface area contributed by atoms with Crippen LogP contribution in [0.4, 0.5) is 22.7 Å². The first kappa shape index (κ1) is 23.4. The van der Waals surface area contributed by atoms with Gasteiger partial charge in [-0.15, -0.1) is 0 Å². The zero-order chi connectivity index (χ0) is 23.1. The summed E-state index contributed by atoms with van der Waals surface area (Å²) < 4.78 is 9.73. The van der Waals surface area contributed by atoms with Gasteiger partial charge in [-0.2, -0.15) is 0 Å². The summed E-state index contributed by atoms with van der Waals surface area (Å²) in [5.74, 6) is -0.790. The maximum Gasteiger partial charge on any atom is 0.310 e. The third-order valence-electron chi connectivity index (χ3n) is 4.66. The molecule has 166 valence electrons. The Morgan fingerprint density at radius 1 is 0.719 bits per heavy atom. The predicted octanol–water partition coefficient (Wildman–Crippen LogP) is 5.91. The van der Waals surface area contributed by atoms with E-state index < -0.39 is 11.9 Å². The van der Waals surface area contributed by atoms with Crippen molar-refractivity contribution in [1.82, 2.24) is 0 Å². The summed E-state index contributed by atoms with van der Waals surface area (Å²) in [4.78, 5) is 24.2. The first-order chi connectivity index (χ1) is 15.4. The fraction of sp³-hybridized carbons (Fsp3) is 0.167. The lowest BCUT2D eigenvalue weighted by molar-refractivity contribution is -0.140. The molecule has 3 aromatic carbocycles. The minimum atomic E-state index is -0.395. The van der Waals surface area contributed by atoms with Crippen molar-refractivity contribution in [2.75, 3.05) is 24.9 Å². The van der Waals surface area contributed by atoms with E-state index in [2.05, 4.69) is 10.6 Å². The molecule has 0 saturated carbocycles. The van der Waals surface area contributed by atoms with Crippen LogP contribution in [0.5, 0.6) is 0 Å². The Balaban J connectivity index is 2.08. The van der Waals surface area contributed by atoms with E-state index in [0.717, 1.165) is 11.4 Å². The second-order valence-electron chi connectivity index (χ2n) is 6.94. The summed E-state index contributed by atoms with van der Waals surface area (Å²) in [6.07, 6.45) is 0.0598. The topological polar surface area (TPSA) is 76.7 Å². The van der Waals surface area contributed by atoms with Crippen LogP contribution in [0.1, 0.15) is 11.1 Å². The lowest BCUT2D eigenvalue weighted by atomic mass is 10.0. The normalized spacial score (nSPS) is 10.4. The van der Waals surface area contributed by atoms with Crippen LogP contribution in [-0.4, -0.2) is 26.2 Å². The number of nitrogens with one attached hydrogen (secondary N) is 2. The average Bonchev–Trinajstić information content (AvgIpc) is 2.76. The SMILES string of the molecule is COC(=O)Cc1cc(Nc2cccc(Cl)c2)c(CC(=O)OC)cc1Nc1cccc(Cl)c1. The van der Waals surface area contributed by atoms with E-state index in [-0.39, 0.29) is 12.8 Å². The van der Waals surface area contributed by atoms with Crippen LogP contribution in [0.3, 0.4) is 0 Å². The number of carbonyl (C=O) groups excluding carboxylic acids is 2. The van der Waals surface area contributed by atoms with Gasteiger partial charge in [0.05, 0.1) is 27.1 Å². The van der Waals surface area contributed by atoms with Gasteiger partial charge in [0.25, 0.3) is 0 Å². The lowest BCUT2D eigenvalue weighted by Gasteiger charge is -2.19. The highest BCUT2D eigenvalue weighted by molar-refractivity contribution is 6.31. The lowest BCUT2D eigenvalue weighted by Crippen LogP contribution is -2.11. The summed E-state index contributed by atoms with van der Waals surface area (Å²) in [6.45, 7) is 0. The van der Waals surface area contributed by atoms with Crippen LogP contribution in [0.2, 0.25) is 10.0 Å². The zero-order valence-electron chi connectivity index (χ0n) is 17.6. The third kappa shape index (κ3) is 6.39. The Morgan fingerprint density at radius 3 is 1.47 bits per heavy atom. The van der Waals surface area contributed by atoms with Crippen LogP contribution >= 0.6 is 23.2 Å². The van der Waals surface area contributed by atoms with Crippen molar-refractivity contribution in [3.8, 4) is 0 Å². The number of ether oxygens (including phenoxy) is 2. The molecule has 0 bridgehead atoms. The molecular weight excluding hydrogens is 451 g/mol. The maximum absolute atomic E-state index is 12.1. The van der Waals surface area contributed by atoms with Crippen molar-refractivity contribution >= 4 is 57.9 Å². The minimum absolute atomic E-state index is 0.0299. The van der Waals surface area contributed by atoms with E-state index >= 15 is 0 Å². The molecule has 0 unspecified atom stereocenters. The molecule has 0 aliphatic carbocycles. The molecule has 0 aliphatic heterocycles. The fourth-order valence-corrected chi connectivity index (χ4v) is 3.49. The Morgan fingerprint density at radius 2 is 1.12 bits per heavy atom. The van der Waals surface area contributed by atoms with Crippen LogP contribution in [0.25, 0.3) is 0 Å². The summed E-state index contributed by atoms with van der Waals surface area (Å²) in [6, 6.07) is 18.0. The molecule has 0 heterocycles. The second kappa shape index (κ2) is 10.9. The number of anilines is 4. The van der Waals surface area contributed by atoms with Gasteiger partial charge in [0, 0.05) is 32.8 Å². The number of benzene rings is 3. The van der Waals surface area contributed by atoms with E-state index in [9.17, 15) is 9.59 Å². The molecule has 0 aliphatic rings. The van der Waals surface area contributed by atoms with Gasteiger partial charge in [-0.3, -0.25) is 9.59 Å². The highest BCUT2D eigenvalue weighted by atomic mass is 35.5. The van der Waals surface area contributed by atoms with Crippen LogP contribution < -0.4 is 10.6 Å². The summed E-state index contributed by atoms with van der Waals surface area (Å²) in [7, 11) is 2.67. The van der Waals surface area contributed by atoms with Crippen molar-refractivity contribution in [2.24, 2.45) is 0 Å². The molecular formula is C24H22Cl2N2O4. The predicted molar refractivity (Wildman–Crippen MR) is 127 cm³/mol.